The molecular weight excluding hydrogens is 381 g/mol. The Bertz CT molecular complexity index is 785. The number of ether oxygens (including phenoxy) is 2. The van der Waals surface area contributed by atoms with Gasteiger partial charge in [-0.1, -0.05) is 5.21 Å². The molecule has 1 saturated heterocycles. The third-order valence-electron chi connectivity index (χ3n) is 4.77. The molecule has 0 unspecified atom stereocenters. The molecule has 10 heteroatoms. The zero-order valence-electron chi connectivity index (χ0n) is 16.3. The summed E-state index contributed by atoms with van der Waals surface area (Å²) in [4.78, 5) is 12.2. The molecule has 2 aromatic rings. The third-order valence-corrected chi connectivity index (χ3v) is 4.77. The molecule has 3 rings (SSSR count). The second kappa shape index (κ2) is 10.3. The van der Waals surface area contributed by atoms with Gasteiger partial charge in [0, 0.05) is 19.3 Å². The van der Waals surface area contributed by atoms with Crippen LogP contribution in [0.3, 0.4) is 0 Å². The van der Waals surface area contributed by atoms with Crippen LogP contribution in [-0.4, -0.2) is 58.1 Å². The maximum absolute atomic E-state index is 13.0. The van der Waals surface area contributed by atoms with Gasteiger partial charge in [-0.2, -0.15) is 0 Å². The average Bonchev–Trinajstić information content (AvgIpc) is 3.16. The Morgan fingerprint density at radius 1 is 1.38 bits per heavy atom. The van der Waals surface area contributed by atoms with E-state index in [1.165, 1.54) is 24.3 Å². The number of halogens is 1. The summed E-state index contributed by atoms with van der Waals surface area (Å²) in [5.74, 6) is -0.371. The molecule has 0 bridgehead atoms. The Morgan fingerprint density at radius 2 is 2.17 bits per heavy atom. The highest BCUT2D eigenvalue weighted by Crippen LogP contribution is 2.22. The van der Waals surface area contributed by atoms with Crippen LogP contribution in [0.25, 0.3) is 0 Å². The molecule has 29 heavy (non-hydrogen) atoms. The summed E-state index contributed by atoms with van der Waals surface area (Å²) in [5, 5.41) is 23.2. The average molecular weight is 407 g/mol. The molecule has 1 aromatic heterocycles. The van der Waals surface area contributed by atoms with E-state index in [9.17, 15) is 14.3 Å². The van der Waals surface area contributed by atoms with Crippen LogP contribution in [0.5, 0.6) is 0 Å². The molecule has 2 amide bonds. The largest absolute Gasteiger partial charge is 0.394 e. The standard InChI is InChI=1S/C19H26FN5O4/c1-28-12-15-10-25(24-23-15)9-8-16-6-7-17(18(11-26)29-16)22-19(27)21-14-4-2-13(20)3-5-14/h2-5,10,16-18,26H,6-9,11-12H2,1H3,(H2,21,22,27)/t16-,17+,18-/m0/s1. The number of nitrogens with zero attached hydrogens (tertiary/aromatic N) is 3. The number of carbonyl (C=O) groups is 1. The van der Waals surface area contributed by atoms with Gasteiger partial charge in [-0.05, 0) is 43.5 Å². The zero-order valence-corrected chi connectivity index (χ0v) is 16.3. The number of hydrogen-bond acceptors (Lipinski definition) is 6. The molecule has 3 N–H and O–H groups in total. The maximum Gasteiger partial charge on any atom is 0.319 e. The molecule has 9 nitrogen and oxygen atoms in total. The highest BCUT2D eigenvalue weighted by molar-refractivity contribution is 5.89. The predicted molar refractivity (Wildman–Crippen MR) is 103 cm³/mol. The number of benzene rings is 1. The van der Waals surface area contributed by atoms with Crippen molar-refractivity contribution in [1.82, 2.24) is 20.3 Å². The fourth-order valence-corrected chi connectivity index (χ4v) is 3.32. The summed E-state index contributed by atoms with van der Waals surface area (Å²) in [7, 11) is 1.61. The number of anilines is 1. The maximum atomic E-state index is 13.0. The molecule has 3 atom stereocenters. The van der Waals surface area contributed by atoms with E-state index in [0.717, 1.165) is 18.5 Å². The second-order valence-corrected chi connectivity index (χ2v) is 6.96. The first-order chi connectivity index (χ1) is 14.1. The number of aliphatic hydroxyl groups excluding tert-OH is 1. The first-order valence-corrected chi connectivity index (χ1v) is 9.54. The quantitative estimate of drug-likeness (QED) is 0.614. The molecule has 0 spiro atoms. The number of hydrogen-bond donors (Lipinski definition) is 3. The summed E-state index contributed by atoms with van der Waals surface area (Å²) in [6.45, 7) is 0.863. The first kappa shape index (κ1) is 21.2. The fourth-order valence-electron chi connectivity index (χ4n) is 3.32. The number of carbonyl (C=O) groups excluding carboxylic acids is 1. The number of rotatable bonds is 8. The lowest BCUT2D eigenvalue weighted by Crippen LogP contribution is -2.52. The van der Waals surface area contributed by atoms with E-state index in [1.54, 1.807) is 11.8 Å². The predicted octanol–water partition coefficient (Wildman–Crippen LogP) is 1.68. The molecule has 1 fully saturated rings. The SMILES string of the molecule is COCc1cn(CC[C@@H]2CC[C@@H](NC(=O)Nc3ccc(F)cc3)[C@H](CO)O2)nn1. The highest BCUT2D eigenvalue weighted by atomic mass is 19.1. The van der Waals surface area contributed by atoms with Crippen molar-refractivity contribution in [2.75, 3.05) is 19.0 Å². The Morgan fingerprint density at radius 3 is 2.90 bits per heavy atom. The fraction of sp³-hybridized carbons (Fsp3) is 0.526. The molecule has 0 aliphatic carbocycles. The lowest BCUT2D eigenvalue weighted by Gasteiger charge is -2.36. The summed E-state index contributed by atoms with van der Waals surface area (Å²) in [6, 6.07) is 4.77. The lowest BCUT2D eigenvalue weighted by molar-refractivity contribution is -0.0905. The van der Waals surface area contributed by atoms with Crippen LogP contribution in [0.1, 0.15) is 25.0 Å². The van der Waals surface area contributed by atoms with Gasteiger partial charge in [0.2, 0.25) is 0 Å². The van der Waals surface area contributed by atoms with Gasteiger partial charge in [0.1, 0.15) is 17.6 Å². The number of aromatic nitrogens is 3. The van der Waals surface area contributed by atoms with E-state index in [0.29, 0.717) is 25.3 Å². The Hall–Kier alpha value is -2.56. The number of aliphatic hydroxyl groups is 1. The summed E-state index contributed by atoms with van der Waals surface area (Å²) in [6.07, 6.45) is 3.45. The van der Waals surface area contributed by atoms with Crippen LogP contribution >= 0.6 is 0 Å². The Balaban J connectivity index is 1.45. The topological polar surface area (TPSA) is 111 Å². The van der Waals surface area contributed by atoms with Crippen LogP contribution in [0, 0.1) is 5.82 Å². The highest BCUT2D eigenvalue weighted by Gasteiger charge is 2.31. The van der Waals surface area contributed by atoms with E-state index in [4.69, 9.17) is 9.47 Å². The van der Waals surface area contributed by atoms with Crippen molar-refractivity contribution in [3.05, 3.63) is 42.0 Å². The summed E-state index contributed by atoms with van der Waals surface area (Å²) < 4.78 is 25.7. The van der Waals surface area contributed by atoms with Gasteiger partial charge in [0.15, 0.2) is 0 Å². The third kappa shape index (κ3) is 6.21. The Labute approximate surface area is 168 Å². The molecule has 1 aliphatic heterocycles. The van der Waals surface area contributed by atoms with Gasteiger partial charge in [-0.15, -0.1) is 5.10 Å². The van der Waals surface area contributed by atoms with Crippen molar-refractivity contribution < 1.29 is 23.8 Å². The molecule has 0 radical (unpaired) electrons. The van der Waals surface area contributed by atoms with Crippen LogP contribution in [0.2, 0.25) is 0 Å². The van der Waals surface area contributed by atoms with Gasteiger partial charge in [-0.25, -0.2) is 9.18 Å². The van der Waals surface area contributed by atoms with Crippen molar-refractivity contribution in [3.8, 4) is 0 Å². The second-order valence-electron chi connectivity index (χ2n) is 6.96. The van der Waals surface area contributed by atoms with Gasteiger partial charge in [-0.3, -0.25) is 4.68 Å². The van der Waals surface area contributed by atoms with Gasteiger partial charge < -0.3 is 25.2 Å². The van der Waals surface area contributed by atoms with Crippen LogP contribution in [-0.2, 0) is 22.6 Å². The van der Waals surface area contributed by atoms with Crippen molar-refractivity contribution >= 4 is 11.7 Å². The first-order valence-electron chi connectivity index (χ1n) is 9.54. The minimum Gasteiger partial charge on any atom is -0.394 e. The lowest BCUT2D eigenvalue weighted by atomic mass is 9.97. The van der Waals surface area contributed by atoms with Crippen molar-refractivity contribution in [2.24, 2.45) is 0 Å². The number of amides is 2. The van der Waals surface area contributed by atoms with E-state index in [-0.39, 0.29) is 24.6 Å². The smallest absolute Gasteiger partial charge is 0.319 e. The van der Waals surface area contributed by atoms with Crippen LogP contribution in [0.4, 0.5) is 14.9 Å². The molecule has 0 saturated carbocycles. The van der Waals surface area contributed by atoms with Gasteiger partial charge in [0.25, 0.3) is 0 Å². The molecule has 1 aliphatic rings. The minimum atomic E-state index is -0.493. The monoisotopic (exact) mass is 407 g/mol. The van der Waals surface area contributed by atoms with Gasteiger partial charge >= 0.3 is 6.03 Å². The number of methoxy groups -OCH3 is 1. The molecular formula is C19H26FN5O4. The van der Waals surface area contributed by atoms with Crippen LogP contribution in [0.15, 0.2) is 30.5 Å². The van der Waals surface area contributed by atoms with Crippen molar-refractivity contribution in [2.45, 2.75) is 50.7 Å². The number of aryl methyl sites for hydroxylation is 1. The number of nitrogens with one attached hydrogen (secondary N) is 2. The summed E-state index contributed by atoms with van der Waals surface area (Å²) >= 11 is 0. The minimum absolute atomic E-state index is 0.0413. The van der Waals surface area contributed by atoms with E-state index in [2.05, 4.69) is 20.9 Å². The van der Waals surface area contributed by atoms with E-state index in [1.807, 2.05) is 6.20 Å². The zero-order chi connectivity index (χ0) is 20.6. The van der Waals surface area contributed by atoms with Crippen molar-refractivity contribution in [1.29, 1.82) is 0 Å². The van der Waals surface area contributed by atoms with Crippen LogP contribution < -0.4 is 10.6 Å². The summed E-state index contributed by atoms with van der Waals surface area (Å²) in [5.41, 5.74) is 1.25. The van der Waals surface area contributed by atoms with Gasteiger partial charge in [0.05, 0.1) is 31.6 Å². The molecule has 1 aromatic carbocycles. The number of urea groups is 1. The Kier molecular flexibility index (Phi) is 7.50. The molecule has 158 valence electrons. The van der Waals surface area contributed by atoms with Crippen molar-refractivity contribution in [3.63, 3.8) is 0 Å². The van der Waals surface area contributed by atoms with E-state index >= 15 is 0 Å². The van der Waals surface area contributed by atoms with E-state index < -0.39 is 12.1 Å². The molecule has 2 heterocycles. The normalized spacial score (nSPS) is 21.7.